The molecule has 0 fully saturated rings. The predicted molar refractivity (Wildman–Crippen MR) is 34.8 cm³/mol. The van der Waals surface area contributed by atoms with Crippen LogP contribution in [0.4, 0.5) is 0 Å². The number of nitrogens with zero attached hydrogens (tertiary/aromatic N) is 1. The zero-order valence-corrected chi connectivity index (χ0v) is 5.97. The predicted octanol–water partition coefficient (Wildman–Crippen LogP) is 0.271. The normalized spacial score (nSPS) is 9.44. The van der Waals surface area contributed by atoms with Gasteiger partial charge in [0.1, 0.15) is 4.60 Å². The lowest BCUT2D eigenvalue weighted by molar-refractivity contribution is 0.0999. The second-order valence-corrected chi connectivity index (χ2v) is 2.21. The van der Waals surface area contributed by atoms with Crippen LogP contribution in [0.25, 0.3) is 0 Å². The summed E-state index contributed by atoms with van der Waals surface area (Å²) in [7, 11) is 0. The Balaban J connectivity index is 3.08. The van der Waals surface area contributed by atoms with Gasteiger partial charge in [-0.1, -0.05) is 0 Å². The summed E-state index contributed by atoms with van der Waals surface area (Å²) in [4.78, 5) is 10.4. The zero-order valence-electron chi connectivity index (χ0n) is 4.39. The van der Waals surface area contributed by atoms with Crippen LogP contribution in [0.3, 0.4) is 0 Å². The van der Waals surface area contributed by atoms with E-state index in [4.69, 9.17) is 5.73 Å². The number of carbonyl (C=O) groups is 1. The highest BCUT2D eigenvalue weighted by Crippen LogP contribution is 2.09. The van der Waals surface area contributed by atoms with Crippen LogP contribution in [0.1, 0.15) is 10.4 Å². The van der Waals surface area contributed by atoms with Gasteiger partial charge >= 0.3 is 0 Å². The van der Waals surface area contributed by atoms with Gasteiger partial charge in [0.2, 0.25) is 0 Å². The standard InChI is InChI=1S/C4H4BrN3O/c5-3-2(4(6)9)1-7-8-3/h1H,(H2,6,9)(H,7,8). The van der Waals surface area contributed by atoms with E-state index in [0.717, 1.165) is 0 Å². The van der Waals surface area contributed by atoms with E-state index in [9.17, 15) is 4.79 Å². The molecule has 5 heteroatoms. The van der Waals surface area contributed by atoms with E-state index in [0.29, 0.717) is 10.2 Å². The van der Waals surface area contributed by atoms with Crippen molar-refractivity contribution in [2.45, 2.75) is 0 Å². The molecule has 0 aliphatic rings. The van der Waals surface area contributed by atoms with Crippen molar-refractivity contribution in [2.75, 3.05) is 0 Å². The molecule has 1 heterocycles. The molecule has 0 saturated heterocycles. The van der Waals surface area contributed by atoms with Crippen LogP contribution >= 0.6 is 15.9 Å². The van der Waals surface area contributed by atoms with Gasteiger partial charge in [-0.2, -0.15) is 5.10 Å². The smallest absolute Gasteiger partial charge is 0.253 e. The minimum absolute atomic E-state index is 0.370. The largest absolute Gasteiger partial charge is 0.365 e. The van der Waals surface area contributed by atoms with Gasteiger partial charge in [-0.15, -0.1) is 0 Å². The van der Waals surface area contributed by atoms with E-state index in [1.54, 1.807) is 0 Å². The van der Waals surface area contributed by atoms with Gasteiger partial charge in [0, 0.05) is 6.20 Å². The highest BCUT2D eigenvalue weighted by Gasteiger charge is 2.06. The molecule has 3 N–H and O–H groups in total. The van der Waals surface area contributed by atoms with E-state index >= 15 is 0 Å². The number of halogens is 1. The van der Waals surface area contributed by atoms with Gasteiger partial charge in [0.05, 0.1) is 5.56 Å². The Morgan fingerprint density at radius 1 is 1.89 bits per heavy atom. The molecule has 0 aliphatic carbocycles. The Hall–Kier alpha value is -0.840. The molecule has 4 nitrogen and oxygen atoms in total. The number of amides is 1. The number of aromatic nitrogens is 2. The summed E-state index contributed by atoms with van der Waals surface area (Å²) in [6.07, 6.45) is 1.44. The molecule has 0 radical (unpaired) electrons. The molecule has 1 aromatic rings. The van der Waals surface area contributed by atoms with Crippen LogP contribution in [0.2, 0.25) is 0 Å². The van der Waals surface area contributed by atoms with Crippen LogP contribution in [-0.4, -0.2) is 16.1 Å². The molecule has 1 aromatic heterocycles. The molecule has 48 valence electrons. The molecule has 0 saturated carbocycles. The van der Waals surface area contributed by atoms with Crippen molar-refractivity contribution in [3.63, 3.8) is 0 Å². The molecule has 0 bridgehead atoms. The minimum Gasteiger partial charge on any atom is -0.365 e. The Morgan fingerprint density at radius 2 is 2.56 bits per heavy atom. The zero-order chi connectivity index (χ0) is 6.85. The summed E-state index contributed by atoms with van der Waals surface area (Å²) >= 11 is 3.02. The average molecular weight is 190 g/mol. The minimum atomic E-state index is -0.490. The molecule has 0 aliphatic heterocycles. The topological polar surface area (TPSA) is 71.8 Å². The van der Waals surface area contributed by atoms with Gasteiger partial charge in [-0.3, -0.25) is 9.89 Å². The highest BCUT2D eigenvalue weighted by atomic mass is 79.9. The number of aromatic amines is 1. The van der Waals surface area contributed by atoms with E-state index in [1.165, 1.54) is 6.20 Å². The van der Waals surface area contributed by atoms with Gasteiger partial charge in [-0.25, -0.2) is 0 Å². The maximum atomic E-state index is 10.4. The van der Waals surface area contributed by atoms with E-state index in [-0.39, 0.29) is 0 Å². The summed E-state index contributed by atoms with van der Waals surface area (Å²) in [6.45, 7) is 0. The third-order valence-electron chi connectivity index (χ3n) is 0.859. The SMILES string of the molecule is NC(=O)c1c[nH]nc1Br. The van der Waals surface area contributed by atoms with Gasteiger partial charge < -0.3 is 5.73 Å². The Kier molecular flexibility index (Phi) is 1.52. The fourth-order valence-corrected chi connectivity index (χ4v) is 0.858. The summed E-state index contributed by atoms with van der Waals surface area (Å²) in [5, 5.41) is 6.11. The lowest BCUT2D eigenvalue weighted by Crippen LogP contribution is -2.10. The van der Waals surface area contributed by atoms with E-state index < -0.39 is 5.91 Å². The van der Waals surface area contributed by atoms with Gasteiger partial charge in [0.15, 0.2) is 0 Å². The van der Waals surface area contributed by atoms with Crippen LogP contribution in [0.5, 0.6) is 0 Å². The van der Waals surface area contributed by atoms with Crippen molar-refractivity contribution in [1.29, 1.82) is 0 Å². The Morgan fingerprint density at radius 3 is 2.78 bits per heavy atom. The van der Waals surface area contributed by atoms with Gasteiger partial charge in [-0.05, 0) is 15.9 Å². The highest BCUT2D eigenvalue weighted by molar-refractivity contribution is 9.10. The van der Waals surface area contributed by atoms with Crippen molar-refractivity contribution in [1.82, 2.24) is 10.2 Å². The average Bonchev–Trinajstić information content (AvgIpc) is 2.13. The lowest BCUT2D eigenvalue weighted by Gasteiger charge is -1.83. The third kappa shape index (κ3) is 1.10. The maximum Gasteiger partial charge on any atom is 0.253 e. The maximum absolute atomic E-state index is 10.4. The molecule has 0 aromatic carbocycles. The monoisotopic (exact) mass is 189 g/mol. The number of nitrogens with one attached hydrogen (secondary N) is 1. The van der Waals surface area contributed by atoms with E-state index in [2.05, 4.69) is 26.1 Å². The summed E-state index contributed by atoms with van der Waals surface area (Å²) < 4.78 is 0.454. The molecular formula is C4H4BrN3O. The number of H-pyrrole nitrogens is 1. The van der Waals surface area contributed by atoms with Crippen molar-refractivity contribution < 1.29 is 4.79 Å². The molecule has 1 rings (SSSR count). The third-order valence-corrected chi connectivity index (χ3v) is 1.46. The Bertz CT molecular complexity index is 231. The molecule has 0 atom stereocenters. The Labute approximate surface area is 59.6 Å². The summed E-state index contributed by atoms with van der Waals surface area (Å²) in [5.74, 6) is -0.490. The lowest BCUT2D eigenvalue weighted by atomic mass is 10.4. The van der Waals surface area contributed by atoms with Crippen LogP contribution in [0.15, 0.2) is 10.8 Å². The summed E-state index contributed by atoms with van der Waals surface area (Å²) in [6, 6.07) is 0. The van der Waals surface area contributed by atoms with Crippen LogP contribution in [-0.2, 0) is 0 Å². The molecule has 0 unspecified atom stereocenters. The fraction of sp³-hybridized carbons (Fsp3) is 0. The van der Waals surface area contributed by atoms with Crippen molar-refractivity contribution in [3.05, 3.63) is 16.4 Å². The van der Waals surface area contributed by atoms with Crippen LogP contribution < -0.4 is 5.73 Å². The first-order valence-corrected chi connectivity index (χ1v) is 3.00. The number of carbonyl (C=O) groups excluding carboxylic acids is 1. The molecule has 9 heavy (non-hydrogen) atoms. The van der Waals surface area contributed by atoms with Crippen molar-refractivity contribution >= 4 is 21.8 Å². The first-order valence-electron chi connectivity index (χ1n) is 2.21. The number of primary amides is 1. The molecule has 0 spiro atoms. The number of nitrogens with two attached hydrogens (primary N) is 1. The first-order chi connectivity index (χ1) is 4.22. The first kappa shape index (κ1) is 6.28. The second kappa shape index (κ2) is 2.18. The van der Waals surface area contributed by atoms with Gasteiger partial charge in [0.25, 0.3) is 5.91 Å². The number of rotatable bonds is 1. The summed E-state index contributed by atoms with van der Waals surface area (Å²) in [5.41, 5.74) is 5.30. The number of hydrogen-bond donors (Lipinski definition) is 2. The van der Waals surface area contributed by atoms with E-state index in [1.807, 2.05) is 0 Å². The van der Waals surface area contributed by atoms with Crippen LogP contribution in [0, 0.1) is 0 Å². The van der Waals surface area contributed by atoms with Crippen molar-refractivity contribution in [2.24, 2.45) is 5.73 Å². The molecular weight excluding hydrogens is 186 g/mol. The number of hydrogen-bond acceptors (Lipinski definition) is 2. The second-order valence-electron chi connectivity index (χ2n) is 1.45. The fourth-order valence-electron chi connectivity index (χ4n) is 0.446. The quantitative estimate of drug-likeness (QED) is 0.667. The molecule has 1 amide bonds. The van der Waals surface area contributed by atoms with Crippen molar-refractivity contribution in [3.8, 4) is 0 Å².